The molecule has 1 fully saturated rings. The van der Waals surface area contributed by atoms with Gasteiger partial charge in [-0.1, -0.05) is 43.3 Å². The molecule has 1 aliphatic heterocycles. The predicted molar refractivity (Wildman–Crippen MR) is 103 cm³/mol. The lowest BCUT2D eigenvalue weighted by molar-refractivity contribution is -0.126. The lowest BCUT2D eigenvalue weighted by Crippen LogP contribution is -2.36. The number of hydrogen-bond donors (Lipinski definition) is 2. The third-order valence-corrected chi connectivity index (χ3v) is 4.58. The van der Waals surface area contributed by atoms with Crippen molar-refractivity contribution in [1.29, 1.82) is 0 Å². The van der Waals surface area contributed by atoms with Crippen molar-refractivity contribution in [2.24, 2.45) is 17.6 Å². The number of nitrogens with one attached hydrogen (secondary N) is 1. The maximum absolute atomic E-state index is 12.5. The Balaban J connectivity index is 0.00000225. The zero-order valence-electron chi connectivity index (χ0n) is 14.3. The highest BCUT2D eigenvalue weighted by Crippen LogP contribution is 2.31. The van der Waals surface area contributed by atoms with Crippen LogP contribution in [0.25, 0.3) is 10.8 Å². The van der Waals surface area contributed by atoms with E-state index in [1.54, 1.807) is 4.90 Å². The van der Waals surface area contributed by atoms with Gasteiger partial charge in [0, 0.05) is 24.9 Å². The number of amides is 2. The fraction of sp³-hybridized carbons (Fsp3) is 0.368. The Labute approximate surface area is 154 Å². The second kappa shape index (κ2) is 8.32. The molecule has 0 aliphatic carbocycles. The number of carbonyl (C=O) groups excluding carboxylic acids is 2. The van der Waals surface area contributed by atoms with Crippen LogP contribution in [0.1, 0.15) is 13.3 Å². The molecule has 3 rings (SSSR count). The zero-order valence-corrected chi connectivity index (χ0v) is 15.1. The second-order valence-electron chi connectivity index (χ2n) is 6.49. The average molecular weight is 362 g/mol. The Hall–Kier alpha value is -2.11. The minimum absolute atomic E-state index is 0. The van der Waals surface area contributed by atoms with E-state index in [1.807, 2.05) is 49.4 Å². The molecular weight excluding hydrogens is 338 g/mol. The number of nitrogens with zero attached hydrogens (tertiary/aromatic N) is 1. The normalized spacial score (nSPS) is 18.1. The highest BCUT2D eigenvalue weighted by Gasteiger charge is 2.35. The number of carbonyl (C=O) groups is 2. The lowest BCUT2D eigenvalue weighted by Gasteiger charge is -2.19. The van der Waals surface area contributed by atoms with Gasteiger partial charge in [0.2, 0.25) is 11.8 Å². The van der Waals surface area contributed by atoms with E-state index in [4.69, 9.17) is 5.73 Å². The van der Waals surface area contributed by atoms with Crippen LogP contribution < -0.4 is 16.0 Å². The van der Waals surface area contributed by atoms with Crippen molar-refractivity contribution >= 4 is 40.7 Å². The first-order valence-corrected chi connectivity index (χ1v) is 8.36. The molecule has 0 spiro atoms. The molecule has 0 aromatic heterocycles. The number of benzene rings is 2. The van der Waals surface area contributed by atoms with Gasteiger partial charge in [-0.05, 0) is 23.9 Å². The van der Waals surface area contributed by atoms with Gasteiger partial charge in [0.15, 0.2) is 0 Å². The van der Waals surface area contributed by atoms with Crippen LogP contribution in [0.2, 0.25) is 0 Å². The summed E-state index contributed by atoms with van der Waals surface area (Å²) >= 11 is 0. The highest BCUT2D eigenvalue weighted by atomic mass is 35.5. The third kappa shape index (κ3) is 4.11. The van der Waals surface area contributed by atoms with Crippen LogP contribution in [0.15, 0.2) is 42.5 Å². The van der Waals surface area contributed by atoms with Crippen molar-refractivity contribution in [2.45, 2.75) is 13.3 Å². The number of rotatable bonds is 5. The Morgan fingerprint density at radius 3 is 2.76 bits per heavy atom. The summed E-state index contributed by atoms with van der Waals surface area (Å²) in [5.74, 6) is -0.133. The Morgan fingerprint density at radius 2 is 2.00 bits per heavy atom. The number of halogens is 1. The van der Waals surface area contributed by atoms with E-state index in [1.165, 1.54) is 0 Å². The predicted octanol–water partition coefficient (Wildman–Crippen LogP) is 2.33. The molecule has 3 N–H and O–H groups in total. The van der Waals surface area contributed by atoms with E-state index in [2.05, 4.69) is 5.32 Å². The maximum Gasteiger partial charge on any atom is 0.227 e. The quantitative estimate of drug-likeness (QED) is 0.858. The molecule has 5 nitrogen and oxygen atoms in total. The van der Waals surface area contributed by atoms with Crippen molar-refractivity contribution in [3.05, 3.63) is 42.5 Å². The summed E-state index contributed by atoms with van der Waals surface area (Å²) < 4.78 is 0. The third-order valence-electron chi connectivity index (χ3n) is 4.58. The minimum atomic E-state index is -0.304. The van der Waals surface area contributed by atoms with Gasteiger partial charge >= 0.3 is 0 Å². The van der Waals surface area contributed by atoms with Gasteiger partial charge in [-0.15, -0.1) is 12.4 Å². The number of nitrogens with two attached hydrogens (primary N) is 1. The minimum Gasteiger partial charge on any atom is -0.355 e. The van der Waals surface area contributed by atoms with E-state index in [0.717, 1.165) is 16.5 Å². The summed E-state index contributed by atoms with van der Waals surface area (Å²) in [7, 11) is 0. The molecule has 2 unspecified atom stereocenters. The van der Waals surface area contributed by atoms with E-state index < -0.39 is 0 Å². The number of hydrogen-bond acceptors (Lipinski definition) is 3. The van der Waals surface area contributed by atoms with Gasteiger partial charge in [0.05, 0.1) is 11.6 Å². The molecule has 2 atom stereocenters. The summed E-state index contributed by atoms with van der Waals surface area (Å²) in [4.78, 5) is 26.5. The van der Waals surface area contributed by atoms with Crippen LogP contribution in [-0.2, 0) is 9.59 Å². The van der Waals surface area contributed by atoms with E-state index in [9.17, 15) is 9.59 Å². The average Bonchev–Trinajstić information content (AvgIpc) is 3.00. The Morgan fingerprint density at radius 1 is 1.28 bits per heavy atom. The van der Waals surface area contributed by atoms with E-state index in [-0.39, 0.29) is 42.5 Å². The topological polar surface area (TPSA) is 75.4 Å². The summed E-state index contributed by atoms with van der Waals surface area (Å²) in [5.41, 5.74) is 6.45. The second-order valence-corrected chi connectivity index (χ2v) is 6.49. The molecule has 1 heterocycles. The molecular formula is C19H24ClN3O2. The van der Waals surface area contributed by atoms with Crippen LogP contribution in [-0.4, -0.2) is 31.4 Å². The summed E-state index contributed by atoms with van der Waals surface area (Å²) in [6.45, 7) is 3.50. The first-order chi connectivity index (χ1) is 11.6. The van der Waals surface area contributed by atoms with Crippen LogP contribution in [0.5, 0.6) is 0 Å². The lowest BCUT2D eigenvalue weighted by atomic mass is 10.1. The van der Waals surface area contributed by atoms with Crippen molar-refractivity contribution in [1.82, 2.24) is 5.32 Å². The van der Waals surface area contributed by atoms with Crippen molar-refractivity contribution in [3.63, 3.8) is 0 Å². The number of anilines is 1. The Bertz CT molecular complexity index is 760. The fourth-order valence-electron chi connectivity index (χ4n) is 3.06. The summed E-state index contributed by atoms with van der Waals surface area (Å²) in [6.07, 6.45) is 0.256. The maximum atomic E-state index is 12.5. The van der Waals surface area contributed by atoms with Crippen LogP contribution in [0, 0.1) is 11.8 Å². The molecule has 0 bridgehead atoms. The van der Waals surface area contributed by atoms with Gasteiger partial charge in [-0.3, -0.25) is 9.59 Å². The van der Waals surface area contributed by atoms with Crippen LogP contribution in [0.4, 0.5) is 5.69 Å². The molecule has 1 aliphatic rings. The van der Waals surface area contributed by atoms with Crippen LogP contribution in [0.3, 0.4) is 0 Å². The first kappa shape index (κ1) is 19.2. The smallest absolute Gasteiger partial charge is 0.227 e. The molecule has 2 amide bonds. The van der Waals surface area contributed by atoms with Crippen molar-refractivity contribution in [2.75, 3.05) is 24.5 Å². The molecule has 2 aromatic carbocycles. The molecule has 25 heavy (non-hydrogen) atoms. The van der Waals surface area contributed by atoms with Gasteiger partial charge in [-0.25, -0.2) is 0 Å². The molecule has 0 radical (unpaired) electrons. The fourth-order valence-corrected chi connectivity index (χ4v) is 3.06. The summed E-state index contributed by atoms with van der Waals surface area (Å²) in [6, 6.07) is 13.9. The van der Waals surface area contributed by atoms with Gasteiger partial charge in [0.25, 0.3) is 0 Å². The summed E-state index contributed by atoms with van der Waals surface area (Å²) in [5, 5.41) is 5.03. The molecule has 0 saturated carbocycles. The highest BCUT2D eigenvalue weighted by molar-refractivity contribution is 6.06. The van der Waals surface area contributed by atoms with Gasteiger partial charge < -0.3 is 16.0 Å². The first-order valence-electron chi connectivity index (χ1n) is 8.36. The van der Waals surface area contributed by atoms with E-state index >= 15 is 0 Å². The van der Waals surface area contributed by atoms with E-state index in [0.29, 0.717) is 19.6 Å². The van der Waals surface area contributed by atoms with Crippen LogP contribution >= 0.6 is 12.4 Å². The monoisotopic (exact) mass is 361 g/mol. The van der Waals surface area contributed by atoms with Gasteiger partial charge in [0.1, 0.15) is 0 Å². The SMILES string of the molecule is CC(CN)CNC(=O)C1CC(=O)N(c2cccc3ccccc23)C1.Cl. The van der Waals surface area contributed by atoms with Crippen molar-refractivity contribution < 1.29 is 9.59 Å². The number of fused-ring (bicyclic) bond motifs is 1. The standard InChI is InChI=1S/C19H23N3O2.ClH/c1-13(10-20)11-21-19(24)15-9-18(23)22(12-15)17-8-4-6-14-5-2-3-7-16(14)17;/h2-8,13,15H,9-12,20H2,1H3,(H,21,24);1H. The Kier molecular flexibility index (Phi) is 6.39. The van der Waals surface area contributed by atoms with Crippen molar-refractivity contribution in [3.8, 4) is 0 Å². The largest absolute Gasteiger partial charge is 0.355 e. The molecule has 1 saturated heterocycles. The van der Waals surface area contributed by atoms with Gasteiger partial charge in [-0.2, -0.15) is 0 Å². The molecule has 134 valence electrons. The zero-order chi connectivity index (χ0) is 17.1. The molecule has 2 aromatic rings. The molecule has 6 heteroatoms.